The summed E-state index contributed by atoms with van der Waals surface area (Å²) in [5.74, 6) is 0.105. The predicted octanol–water partition coefficient (Wildman–Crippen LogP) is 2.68. The van der Waals surface area contributed by atoms with Crippen molar-refractivity contribution in [3.05, 3.63) is 71.8 Å². The number of nitrogens with one attached hydrogen (secondary N) is 1. The minimum atomic E-state index is 0.105. The average Bonchev–Trinajstić information content (AvgIpc) is 2.68. The second-order valence-corrected chi connectivity index (χ2v) is 6.66. The Morgan fingerprint density at radius 3 is 2.20 bits per heavy atom. The van der Waals surface area contributed by atoms with Crippen LogP contribution in [0.25, 0.3) is 0 Å². The van der Waals surface area contributed by atoms with Gasteiger partial charge in [-0.2, -0.15) is 0 Å². The molecule has 1 heterocycles. The molecule has 1 atom stereocenters. The third kappa shape index (κ3) is 5.15. The zero-order chi connectivity index (χ0) is 17.5. The highest BCUT2D eigenvalue weighted by Gasteiger charge is 2.22. The first kappa shape index (κ1) is 17.6. The van der Waals surface area contributed by atoms with Gasteiger partial charge in [-0.3, -0.25) is 14.6 Å². The monoisotopic (exact) mass is 337 g/mol. The number of benzene rings is 2. The van der Waals surface area contributed by atoms with Gasteiger partial charge in [0.2, 0.25) is 5.91 Å². The Balaban J connectivity index is 1.41. The van der Waals surface area contributed by atoms with Gasteiger partial charge >= 0.3 is 0 Å². The smallest absolute Gasteiger partial charge is 0.234 e. The molecular formula is C21H27N3O. The standard InChI is InChI=1S/C21H27N3O/c1-18(20-10-6-3-7-11-20)24-14-12-23(13-15-24)17-21(25)22-16-19-8-4-2-5-9-19/h2-11,18H,12-17H2,1H3,(H,22,25)/t18-/m0/s1. The number of carbonyl (C=O) groups excluding carboxylic acids is 1. The highest BCUT2D eigenvalue weighted by atomic mass is 16.2. The predicted molar refractivity (Wildman–Crippen MR) is 101 cm³/mol. The van der Waals surface area contributed by atoms with Gasteiger partial charge in [-0.05, 0) is 18.1 Å². The van der Waals surface area contributed by atoms with Crippen molar-refractivity contribution in [2.24, 2.45) is 0 Å². The van der Waals surface area contributed by atoms with E-state index in [0.717, 1.165) is 31.7 Å². The first-order valence-electron chi connectivity index (χ1n) is 9.04. The van der Waals surface area contributed by atoms with Gasteiger partial charge in [-0.25, -0.2) is 0 Å². The van der Waals surface area contributed by atoms with E-state index < -0.39 is 0 Å². The number of hydrogen-bond acceptors (Lipinski definition) is 3. The summed E-state index contributed by atoms with van der Waals surface area (Å²) in [7, 11) is 0. The van der Waals surface area contributed by atoms with Crippen LogP contribution >= 0.6 is 0 Å². The number of carbonyl (C=O) groups is 1. The fraction of sp³-hybridized carbons (Fsp3) is 0.381. The van der Waals surface area contributed by atoms with Gasteiger partial charge in [0.25, 0.3) is 0 Å². The summed E-state index contributed by atoms with van der Waals surface area (Å²) in [4.78, 5) is 16.9. The molecule has 1 N–H and O–H groups in total. The number of hydrogen-bond donors (Lipinski definition) is 1. The van der Waals surface area contributed by atoms with E-state index in [-0.39, 0.29) is 5.91 Å². The highest BCUT2D eigenvalue weighted by Crippen LogP contribution is 2.21. The minimum Gasteiger partial charge on any atom is -0.351 e. The summed E-state index contributed by atoms with van der Waals surface area (Å²) >= 11 is 0. The summed E-state index contributed by atoms with van der Waals surface area (Å²) in [6.07, 6.45) is 0. The third-order valence-corrected chi connectivity index (χ3v) is 4.94. The molecule has 0 bridgehead atoms. The van der Waals surface area contributed by atoms with E-state index in [4.69, 9.17) is 0 Å². The van der Waals surface area contributed by atoms with E-state index in [1.807, 2.05) is 30.3 Å². The van der Waals surface area contributed by atoms with E-state index in [0.29, 0.717) is 19.1 Å². The molecule has 1 amide bonds. The van der Waals surface area contributed by atoms with Gasteiger partial charge in [-0.15, -0.1) is 0 Å². The van der Waals surface area contributed by atoms with Gasteiger partial charge in [0.15, 0.2) is 0 Å². The Kier molecular flexibility index (Phi) is 6.20. The van der Waals surface area contributed by atoms with Gasteiger partial charge in [0, 0.05) is 38.8 Å². The van der Waals surface area contributed by atoms with Crippen LogP contribution in [0.2, 0.25) is 0 Å². The summed E-state index contributed by atoms with van der Waals surface area (Å²) in [6, 6.07) is 21.1. The van der Waals surface area contributed by atoms with Crippen LogP contribution in [-0.2, 0) is 11.3 Å². The summed E-state index contributed by atoms with van der Waals surface area (Å²) in [5, 5.41) is 3.01. The fourth-order valence-corrected chi connectivity index (χ4v) is 3.31. The van der Waals surface area contributed by atoms with Crippen LogP contribution in [0.5, 0.6) is 0 Å². The lowest BCUT2D eigenvalue weighted by Crippen LogP contribution is -2.49. The van der Waals surface area contributed by atoms with Crippen molar-refractivity contribution in [1.29, 1.82) is 0 Å². The number of nitrogens with zero attached hydrogens (tertiary/aromatic N) is 2. The molecule has 3 rings (SSSR count). The number of rotatable bonds is 6. The van der Waals surface area contributed by atoms with Crippen LogP contribution in [0.15, 0.2) is 60.7 Å². The molecule has 1 aliphatic rings. The Hall–Kier alpha value is -2.17. The molecular weight excluding hydrogens is 310 g/mol. The van der Waals surface area contributed by atoms with Crippen molar-refractivity contribution >= 4 is 5.91 Å². The van der Waals surface area contributed by atoms with Crippen molar-refractivity contribution in [2.45, 2.75) is 19.5 Å². The Labute approximate surface area is 150 Å². The molecule has 4 nitrogen and oxygen atoms in total. The van der Waals surface area contributed by atoms with Gasteiger partial charge in [0.05, 0.1) is 6.54 Å². The lowest BCUT2D eigenvalue weighted by Gasteiger charge is -2.38. The van der Waals surface area contributed by atoms with Crippen molar-refractivity contribution < 1.29 is 4.79 Å². The molecule has 25 heavy (non-hydrogen) atoms. The van der Waals surface area contributed by atoms with Crippen molar-refractivity contribution in [2.75, 3.05) is 32.7 Å². The summed E-state index contributed by atoms with van der Waals surface area (Å²) < 4.78 is 0. The van der Waals surface area contributed by atoms with Crippen LogP contribution in [0, 0.1) is 0 Å². The molecule has 0 spiro atoms. The Morgan fingerprint density at radius 1 is 0.960 bits per heavy atom. The van der Waals surface area contributed by atoms with Crippen molar-refractivity contribution in [3.63, 3.8) is 0 Å². The van der Waals surface area contributed by atoms with E-state index in [1.54, 1.807) is 0 Å². The maximum Gasteiger partial charge on any atom is 0.234 e. The quantitative estimate of drug-likeness (QED) is 0.880. The molecule has 2 aromatic carbocycles. The molecule has 0 aliphatic carbocycles. The maximum atomic E-state index is 12.2. The minimum absolute atomic E-state index is 0.105. The van der Waals surface area contributed by atoms with E-state index in [9.17, 15) is 4.79 Å². The number of piperazine rings is 1. The largest absolute Gasteiger partial charge is 0.351 e. The van der Waals surface area contributed by atoms with E-state index >= 15 is 0 Å². The highest BCUT2D eigenvalue weighted by molar-refractivity contribution is 5.78. The summed E-state index contributed by atoms with van der Waals surface area (Å²) in [5.41, 5.74) is 2.49. The fourth-order valence-electron chi connectivity index (χ4n) is 3.31. The van der Waals surface area contributed by atoms with Crippen LogP contribution in [0.1, 0.15) is 24.1 Å². The molecule has 132 valence electrons. The van der Waals surface area contributed by atoms with Gasteiger partial charge in [0.1, 0.15) is 0 Å². The molecule has 0 saturated carbocycles. The molecule has 0 radical (unpaired) electrons. The van der Waals surface area contributed by atoms with Gasteiger partial charge < -0.3 is 5.32 Å². The molecule has 4 heteroatoms. The SMILES string of the molecule is C[C@@H](c1ccccc1)N1CCN(CC(=O)NCc2ccccc2)CC1. The zero-order valence-electron chi connectivity index (χ0n) is 14.9. The molecule has 1 fully saturated rings. The first-order chi connectivity index (χ1) is 12.2. The molecule has 1 aliphatic heterocycles. The topological polar surface area (TPSA) is 35.6 Å². The van der Waals surface area contributed by atoms with E-state index in [1.165, 1.54) is 5.56 Å². The zero-order valence-corrected chi connectivity index (χ0v) is 14.9. The van der Waals surface area contributed by atoms with Crippen LogP contribution in [0.4, 0.5) is 0 Å². The molecule has 1 saturated heterocycles. The van der Waals surface area contributed by atoms with E-state index in [2.05, 4.69) is 52.4 Å². The van der Waals surface area contributed by atoms with Crippen molar-refractivity contribution in [3.8, 4) is 0 Å². The van der Waals surface area contributed by atoms with Gasteiger partial charge in [-0.1, -0.05) is 60.7 Å². The average molecular weight is 337 g/mol. The molecule has 0 unspecified atom stereocenters. The van der Waals surface area contributed by atoms with Crippen LogP contribution in [-0.4, -0.2) is 48.4 Å². The molecule has 2 aromatic rings. The van der Waals surface area contributed by atoms with Crippen LogP contribution < -0.4 is 5.32 Å². The third-order valence-electron chi connectivity index (χ3n) is 4.94. The molecule has 0 aromatic heterocycles. The Morgan fingerprint density at radius 2 is 1.56 bits per heavy atom. The summed E-state index contributed by atoms with van der Waals surface area (Å²) in [6.45, 7) is 7.23. The lowest BCUT2D eigenvalue weighted by molar-refractivity contribution is -0.122. The maximum absolute atomic E-state index is 12.2. The Bertz CT molecular complexity index is 651. The first-order valence-corrected chi connectivity index (χ1v) is 9.04. The lowest BCUT2D eigenvalue weighted by atomic mass is 10.1. The van der Waals surface area contributed by atoms with Crippen LogP contribution in [0.3, 0.4) is 0 Å². The second-order valence-electron chi connectivity index (χ2n) is 6.66. The number of amides is 1. The van der Waals surface area contributed by atoms with Crippen molar-refractivity contribution in [1.82, 2.24) is 15.1 Å². The second kappa shape index (κ2) is 8.79. The normalized spacial score (nSPS) is 17.2.